The average molecular weight is 326 g/mol. The summed E-state index contributed by atoms with van der Waals surface area (Å²) in [7, 11) is -3.57. The smallest absolute Gasteiger partial charge is 0.242 e. The van der Waals surface area contributed by atoms with Crippen LogP contribution in [-0.4, -0.2) is 15.0 Å². The fraction of sp³-hybridized carbons (Fsp3) is 0.143. The number of sulfonamides is 1. The lowest BCUT2D eigenvalue weighted by molar-refractivity contribution is 0.584. The Bertz CT molecular complexity index is 748. The summed E-state index contributed by atoms with van der Waals surface area (Å²) in [4.78, 5) is 0.158. The normalized spacial score (nSPS) is 11.3. The Balaban J connectivity index is 2.44. The highest BCUT2D eigenvalue weighted by Crippen LogP contribution is 2.30. The van der Waals surface area contributed by atoms with Crippen molar-refractivity contribution >= 4 is 38.7 Å². The summed E-state index contributed by atoms with van der Waals surface area (Å²) in [5.74, 6) is 0. The molecule has 4 N–H and O–H groups in total. The monoisotopic (exact) mass is 325 g/mol. The molecule has 0 aliphatic carbocycles. The summed E-state index contributed by atoms with van der Waals surface area (Å²) in [6.45, 7) is 2.04. The Hall–Kier alpha value is -1.76. The van der Waals surface area contributed by atoms with E-state index < -0.39 is 10.0 Å². The van der Waals surface area contributed by atoms with E-state index in [1.165, 1.54) is 6.07 Å². The first kappa shape index (κ1) is 15.6. The number of anilines is 3. The highest BCUT2D eigenvalue weighted by molar-refractivity contribution is 7.89. The van der Waals surface area contributed by atoms with E-state index in [1.807, 2.05) is 0 Å². The third kappa shape index (κ3) is 3.66. The van der Waals surface area contributed by atoms with Gasteiger partial charge in [-0.1, -0.05) is 30.7 Å². The van der Waals surface area contributed by atoms with Gasteiger partial charge >= 0.3 is 0 Å². The molecule has 0 fully saturated rings. The minimum Gasteiger partial charge on any atom is -0.399 e. The van der Waals surface area contributed by atoms with E-state index in [2.05, 4.69) is 10.0 Å². The summed E-state index contributed by atoms with van der Waals surface area (Å²) in [6, 6.07) is 11.6. The Morgan fingerprint density at radius 2 is 1.86 bits per heavy atom. The molecule has 5 nitrogen and oxygen atoms in total. The zero-order valence-electron chi connectivity index (χ0n) is 11.4. The van der Waals surface area contributed by atoms with Crippen LogP contribution in [0.3, 0.4) is 0 Å². The van der Waals surface area contributed by atoms with Crippen LogP contribution in [0.4, 0.5) is 17.1 Å². The van der Waals surface area contributed by atoms with Gasteiger partial charge in [0.2, 0.25) is 10.0 Å². The fourth-order valence-corrected chi connectivity index (χ4v) is 3.22. The quantitative estimate of drug-likeness (QED) is 0.738. The molecular weight excluding hydrogens is 310 g/mol. The molecule has 0 aromatic heterocycles. The number of halogens is 1. The molecule has 0 atom stereocenters. The van der Waals surface area contributed by atoms with E-state index in [0.29, 0.717) is 28.6 Å². The summed E-state index contributed by atoms with van der Waals surface area (Å²) in [5, 5.41) is 3.47. The molecule has 0 unspecified atom stereocenters. The lowest BCUT2D eigenvalue weighted by atomic mass is 10.2. The van der Waals surface area contributed by atoms with Crippen molar-refractivity contribution < 1.29 is 8.42 Å². The van der Waals surface area contributed by atoms with Gasteiger partial charge in [-0.3, -0.25) is 0 Å². The van der Waals surface area contributed by atoms with Gasteiger partial charge in [-0.05, 0) is 30.3 Å². The highest BCUT2D eigenvalue weighted by Gasteiger charge is 2.17. The van der Waals surface area contributed by atoms with Crippen molar-refractivity contribution in [2.75, 3.05) is 17.6 Å². The second-order valence-electron chi connectivity index (χ2n) is 4.36. The molecule has 2 aromatic rings. The summed E-state index contributed by atoms with van der Waals surface area (Å²) in [5.41, 5.74) is 7.25. The Morgan fingerprint density at radius 3 is 2.57 bits per heavy atom. The van der Waals surface area contributed by atoms with Crippen LogP contribution in [0.25, 0.3) is 0 Å². The van der Waals surface area contributed by atoms with Gasteiger partial charge < -0.3 is 11.1 Å². The first-order valence-corrected chi connectivity index (χ1v) is 8.21. The standard InChI is InChI=1S/C14H16ClN3O2S/c1-2-17-21(19,20)14-6-4-3-5-12(14)18-13-9-10(16)7-8-11(13)15/h3-9,17-18H,2,16H2,1H3. The molecule has 0 spiro atoms. The van der Waals surface area contributed by atoms with Crippen molar-refractivity contribution in [2.45, 2.75) is 11.8 Å². The fourth-order valence-electron chi connectivity index (χ4n) is 1.86. The predicted octanol–water partition coefficient (Wildman–Crippen LogP) is 2.96. The molecule has 7 heteroatoms. The third-order valence-corrected chi connectivity index (χ3v) is 4.70. The molecule has 0 bridgehead atoms. The molecule has 21 heavy (non-hydrogen) atoms. The largest absolute Gasteiger partial charge is 0.399 e. The Labute approximate surface area is 129 Å². The van der Waals surface area contributed by atoms with Crippen molar-refractivity contribution in [1.82, 2.24) is 4.72 Å². The van der Waals surface area contributed by atoms with Gasteiger partial charge in [0.15, 0.2) is 0 Å². The molecule has 0 aliphatic heterocycles. The SMILES string of the molecule is CCNS(=O)(=O)c1ccccc1Nc1cc(N)ccc1Cl. The second kappa shape index (κ2) is 6.34. The zero-order chi connectivity index (χ0) is 15.5. The van der Waals surface area contributed by atoms with Crippen molar-refractivity contribution in [3.8, 4) is 0 Å². The lowest BCUT2D eigenvalue weighted by Gasteiger charge is -2.14. The van der Waals surface area contributed by atoms with Crippen LogP contribution in [0.5, 0.6) is 0 Å². The lowest BCUT2D eigenvalue weighted by Crippen LogP contribution is -2.23. The molecule has 2 aromatic carbocycles. The van der Waals surface area contributed by atoms with Crippen LogP contribution >= 0.6 is 11.6 Å². The molecule has 0 amide bonds. The van der Waals surface area contributed by atoms with Crippen molar-refractivity contribution in [2.24, 2.45) is 0 Å². The molecule has 0 radical (unpaired) electrons. The third-order valence-electron chi connectivity index (χ3n) is 2.77. The minimum atomic E-state index is -3.57. The molecule has 0 saturated heterocycles. The molecule has 0 saturated carbocycles. The molecular formula is C14H16ClN3O2S. The van der Waals surface area contributed by atoms with E-state index in [1.54, 1.807) is 43.3 Å². The maximum absolute atomic E-state index is 12.2. The first-order valence-electron chi connectivity index (χ1n) is 6.35. The van der Waals surface area contributed by atoms with E-state index in [4.69, 9.17) is 17.3 Å². The van der Waals surface area contributed by atoms with Crippen molar-refractivity contribution in [1.29, 1.82) is 0 Å². The molecule has 112 valence electrons. The van der Waals surface area contributed by atoms with Crippen LogP contribution in [0, 0.1) is 0 Å². The van der Waals surface area contributed by atoms with Crippen LogP contribution < -0.4 is 15.8 Å². The Morgan fingerprint density at radius 1 is 1.14 bits per heavy atom. The van der Waals surface area contributed by atoms with Crippen LogP contribution in [-0.2, 0) is 10.0 Å². The van der Waals surface area contributed by atoms with Crippen LogP contribution in [0.2, 0.25) is 5.02 Å². The highest BCUT2D eigenvalue weighted by atomic mass is 35.5. The zero-order valence-corrected chi connectivity index (χ0v) is 13.0. The average Bonchev–Trinajstić information content (AvgIpc) is 2.43. The number of nitrogen functional groups attached to an aromatic ring is 1. The topological polar surface area (TPSA) is 84.2 Å². The van der Waals surface area contributed by atoms with Crippen LogP contribution in [0.1, 0.15) is 6.92 Å². The van der Waals surface area contributed by atoms with Gasteiger partial charge in [0.05, 0.1) is 16.4 Å². The predicted molar refractivity (Wildman–Crippen MR) is 86.5 cm³/mol. The van der Waals surface area contributed by atoms with Crippen LogP contribution in [0.15, 0.2) is 47.4 Å². The number of nitrogens with two attached hydrogens (primary N) is 1. The molecule has 2 rings (SSSR count). The van der Waals surface area contributed by atoms with E-state index in [-0.39, 0.29) is 4.90 Å². The number of hydrogen-bond acceptors (Lipinski definition) is 4. The number of para-hydroxylation sites is 1. The van der Waals surface area contributed by atoms with E-state index in [0.717, 1.165) is 0 Å². The molecule has 0 aliphatic rings. The van der Waals surface area contributed by atoms with Crippen molar-refractivity contribution in [3.05, 3.63) is 47.5 Å². The maximum Gasteiger partial charge on any atom is 0.242 e. The summed E-state index contributed by atoms with van der Waals surface area (Å²) >= 11 is 6.09. The van der Waals surface area contributed by atoms with Crippen molar-refractivity contribution in [3.63, 3.8) is 0 Å². The van der Waals surface area contributed by atoms with Gasteiger partial charge in [0.25, 0.3) is 0 Å². The number of rotatable bonds is 5. The van der Waals surface area contributed by atoms with Gasteiger partial charge in [-0.2, -0.15) is 0 Å². The van der Waals surface area contributed by atoms with Gasteiger partial charge in [0, 0.05) is 12.2 Å². The van der Waals surface area contributed by atoms with Gasteiger partial charge in [0.1, 0.15) is 4.90 Å². The number of benzene rings is 2. The molecule has 0 heterocycles. The number of nitrogens with one attached hydrogen (secondary N) is 2. The number of hydrogen-bond donors (Lipinski definition) is 3. The van der Waals surface area contributed by atoms with E-state index in [9.17, 15) is 8.42 Å². The van der Waals surface area contributed by atoms with Gasteiger partial charge in [-0.25, -0.2) is 13.1 Å². The van der Waals surface area contributed by atoms with E-state index >= 15 is 0 Å². The first-order chi connectivity index (χ1) is 9.94. The second-order valence-corrected chi connectivity index (χ2v) is 6.50. The summed E-state index contributed by atoms with van der Waals surface area (Å²) < 4.78 is 26.8. The Kier molecular flexibility index (Phi) is 4.72. The maximum atomic E-state index is 12.2. The minimum absolute atomic E-state index is 0.158. The summed E-state index contributed by atoms with van der Waals surface area (Å²) in [6.07, 6.45) is 0. The van der Waals surface area contributed by atoms with Gasteiger partial charge in [-0.15, -0.1) is 0 Å².